The molecule has 0 aliphatic heterocycles. The Bertz CT molecular complexity index is 968. The molecule has 198 valence electrons. The molecule has 0 saturated carbocycles. The zero-order chi connectivity index (χ0) is 26.1. The molecule has 0 radical (unpaired) electrons. The van der Waals surface area contributed by atoms with Crippen molar-refractivity contribution in [2.45, 2.75) is 84.0 Å². The highest BCUT2D eigenvalue weighted by Crippen LogP contribution is 2.32. The molecule has 2 aromatic rings. The van der Waals surface area contributed by atoms with Gasteiger partial charge in [0.05, 0.1) is 25.4 Å². The van der Waals surface area contributed by atoms with Crippen LogP contribution in [0.1, 0.15) is 75.3 Å². The fourth-order valence-corrected chi connectivity index (χ4v) is 5.44. The summed E-state index contributed by atoms with van der Waals surface area (Å²) in [5, 5.41) is 14.9. The molecule has 0 saturated heterocycles. The quantitative estimate of drug-likeness (QED) is 0.309. The lowest BCUT2D eigenvalue weighted by molar-refractivity contribution is -0.143. The summed E-state index contributed by atoms with van der Waals surface area (Å²) in [6, 6.07) is 14.4. The Morgan fingerprint density at radius 3 is 2.50 bits per heavy atom. The van der Waals surface area contributed by atoms with Gasteiger partial charge >= 0.3 is 5.97 Å². The van der Waals surface area contributed by atoms with Crippen molar-refractivity contribution in [3.63, 3.8) is 0 Å². The van der Waals surface area contributed by atoms with E-state index in [4.69, 9.17) is 21.1 Å². The van der Waals surface area contributed by atoms with Gasteiger partial charge in [0, 0.05) is 23.5 Å². The highest BCUT2D eigenvalue weighted by atomic mass is 35.5. The Hall–Kier alpha value is -1.92. The minimum Gasteiger partial charge on any atom is -0.466 e. The Kier molecular flexibility index (Phi) is 10.8. The zero-order valence-corrected chi connectivity index (χ0v) is 22.9. The van der Waals surface area contributed by atoms with Crippen LogP contribution in [0.3, 0.4) is 0 Å². The summed E-state index contributed by atoms with van der Waals surface area (Å²) in [7, 11) is 0. The number of aliphatic hydroxyl groups excluding tert-OH is 1. The zero-order valence-electron chi connectivity index (χ0n) is 22.2. The molecule has 0 bridgehead atoms. The number of ether oxygens (including phenoxy) is 2. The van der Waals surface area contributed by atoms with Gasteiger partial charge in [-0.2, -0.15) is 0 Å². The molecule has 5 nitrogen and oxygen atoms in total. The van der Waals surface area contributed by atoms with E-state index < -0.39 is 6.10 Å². The van der Waals surface area contributed by atoms with Crippen LogP contribution >= 0.6 is 11.6 Å². The first kappa shape index (κ1) is 28.6. The summed E-state index contributed by atoms with van der Waals surface area (Å²) in [6.45, 7) is 9.34. The average Bonchev–Trinajstić information content (AvgIpc) is 3.24. The molecule has 1 aliphatic rings. The molecule has 0 aromatic heterocycles. The summed E-state index contributed by atoms with van der Waals surface area (Å²) in [6.07, 6.45) is 4.09. The minimum atomic E-state index is -0.624. The molecule has 0 heterocycles. The Labute approximate surface area is 221 Å². The highest BCUT2D eigenvalue weighted by molar-refractivity contribution is 6.30. The lowest BCUT2D eigenvalue weighted by atomic mass is 9.88. The van der Waals surface area contributed by atoms with Crippen molar-refractivity contribution in [2.24, 2.45) is 5.92 Å². The molecule has 0 amide bonds. The predicted octanol–water partition coefficient (Wildman–Crippen LogP) is 5.84. The van der Waals surface area contributed by atoms with Gasteiger partial charge in [0.2, 0.25) is 0 Å². The van der Waals surface area contributed by atoms with Crippen LogP contribution in [0, 0.1) is 5.92 Å². The number of carbonyl (C=O) groups is 1. The van der Waals surface area contributed by atoms with E-state index in [0.717, 1.165) is 36.8 Å². The number of aliphatic hydroxyl groups is 1. The maximum atomic E-state index is 11.8. The van der Waals surface area contributed by atoms with Gasteiger partial charge < -0.3 is 19.9 Å². The molecule has 0 fully saturated rings. The fourth-order valence-electron chi connectivity index (χ4n) is 5.26. The molecule has 2 atom stereocenters. The van der Waals surface area contributed by atoms with Crippen LogP contribution in [0.4, 0.5) is 0 Å². The second-order valence-electron chi connectivity index (χ2n) is 10.5. The van der Waals surface area contributed by atoms with E-state index in [0.29, 0.717) is 36.9 Å². The van der Waals surface area contributed by atoms with Gasteiger partial charge in [-0.3, -0.25) is 4.79 Å². The van der Waals surface area contributed by atoms with Crippen molar-refractivity contribution in [3.05, 3.63) is 69.7 Å². The molecule has 0 unspecified atom stereocenters. The van der Waals surface area contributed by atoms with Crippen molar-refractivity contribution in [1.29, 1.82) is 0 Å². The molecule has 0 spiro atoms. The van der Waals surface area contributed by atoms with E-state index in [1.165, 1.54) is 11.1 Å². The van der Waals surface area contributed by atoms with E-state index in [2.05, 4.69) is 43.4 Å². The van der Waals surface area contributed by atoms with Crippen molar-refractivity contribution < 1.29 is 19.4 Å². The number of esters is 1. The van der Waals surface area contributed by atoms with Crippen molar-refractivity contribution in [2.75, 3.05) is 19.8 Å². The number of carbonyl (C=O) groups excluding carboxylic acids is 1. The monoisotopic (exact) mass is 515 g/mol. The van der Waals surface area contributed by atoms with Gasteiger partial charge in [0.15, 0.2) is 0 Å². The number of hydrogen-bond acceptors (Lipinski definition) is 5. The van der Waals surface area contributed by atoms with Crippen molar-refractivity contribution >= 4 is 17.6 Å². The van der Waals surface area contributed by atoms with Gasteiger partial charge in [-0.15, -0.1) is 0 Å². The van der Waals surface area contributed by atoms with E-state index >= 15 is 0 Å². The molecular formula is C30H42ClNO4. The Balaban J connectivity index is 1.49. The number of aryl methyl sites for hydroxylation is 1. The standard InChI is InChI=1S/C30H42ClNO4/c1-5-28(27-17-25(31)13-11-22(27)12-14-29(34)35-6-2)36-20-26(33)19-32-30(3,4)18-21-15-23-9-7-8-10-24(23)16-21/h7-11,13,17,21,26,28,32-33H,5-6,12,14-16,18-20H2,1-4H3/t26-,28-/m1/s1. The number of benzene rings is 2. The number of rotatable bonds is 14. The number of hydrogen-bond donors (Lipinski definition) is 2. The first-order valence-electron chi connectivity index (χ1n) is 13.3. The van der Waals surface area contributed by atoms with Crippen LogP contribution < -0.4 is 5.32 Å². The lowest BCUT2D eigenvalue weighted by Crippen LogP contribution is -2.45. The summed E-state index contributed by atoms with van der Waals surface area (Å²) < 4.78 is 11.2. The lowest BCUT2D eigenvalue weighted by Gasteiger charge is -2.31. The second-order valence-corrected chi connectivity index (χ2v) is 11.0. The first-order valence-corrected chi connectivity index (χ1v) is 13.6. The molecule has 3 rings (SSSR count). The number of β-amino-alcohol motifs (C(OH)–C–C–N with tert-alkyl or cyclic N) is 1. The fraction of sp³-hybridized carbons (Fsp3) is 0.567. The van der Waals surface area contributed by atoms with Crippen LogP contribution in [0.15, 0.2) is 42.5 Å². The van der Waals surface area contributed by atoms with Crippen LogP contribution in [0.5, 0.6) is 0 Å². The van der Waals surface area contributed by atoms with Gasteiger partial charge in [0.1, 0.15) is 0 Å². The van der Waals surface area contributed by atoms with E-state index in [1.54, 1.807) is 0 Å². The molecule has 6 heteroatoms. The second kappa shape index (κ2) is 13.6. The summed E-state index contributed by atoms with van der Waals surface area (Å²) in [5.74, 6) is 0.414. The maximum absolute atomic E-state index is 11.8. The molecule has 2 aromatic carbocycles. The average molecular weight is 516 g/mol. The van der Waals surface area contributed by atoms with E-state index in [-0.39, 0.29) is 24.2 Å². The highest BCUT2D eigenvalue weighted by Gasteiger charge is 2.28. The summed E-state index contributed by atoms with van der Waals surface area (Å²) in [5.41, 5.74) is 4.85. The van der Waals surface area contributed by atoms with E-state index in [9.17, 15) is 9.90 Å². The summed E-state index contributed by atoms with van der Waals surface area (Å²) >= 11 is 6.29. The van der Waals surface area contributed by atoms with Gasteiger partial charge in [0.25, 0.3) is 0 Å². The third kappa shape index (κ3) is 8.58. The topological polar surface area (TPSA) is 67.8 Å². The van der Waals surface area contributed by atoms with E-state index in [1.807, 2.05) is 32.0 Å². The first-order chi connectivity index (χ1) is 17.2. The minimum absolute atomic E-state index is 0.0783. The SMILES string of the molecule is CCOC(=O)CCc1ccc(Cl)cc1[C@@H](CC)OC[C@H](O)CNC(C)(C)CC1Cc2ccccc2C1. The number of nitrogens with one attached hydrogen (secondary N) is 1. The molecule has 2 N–H and O–H groups in total. The third-order valence-corrected chi connectivity index (χ3v) is 7.21. The molecular weight excluding hydrogens is 474 g/mol. The third-order valence-electron chi connectivity index (χ3n) is 6.97. The van der Waals surface area contributed by atoms with Crippen LogP contribution in [0.25, 0.3) is 0 Å². The smallest absolute Gasteiger partial charge is 0.306 e. The number of halogens is 1. The maximum Gasteiger partial charge on any atom is 0.306 e. The Morgan fingerprint density at radius 1 is 1.17 bits per heavy atom. The normalized spacial score (nSPS) is 15.5. The van der Waals surface area contributed by atoms with Gasteiger partial charge in [-0.25, -0.2) is 0 Å². The van der Waals surface area contributed by atoms with Crippen LogP contribution in [0.2, 0.25) is 5.02 Å². The van der Waals surface area contributed by atoms with Gasteiger partial charge in [-0.1, -0.05) is 48.9 Å². The van der Waals surface area contributed by atoms with Crippen LogP contribution in [-0.4, -0.2) is 42.5 Å². The van der Waals surface area contributed by atoms with Crippen LogP contribution in [-0.2, 0) is 33.5 Å². The Morgan fingerprint density at radius 2 is 1.86 bits per heavy atom. The van der Waals surface area contributed by atoms with Crippen molar-refractivity contribution in [1.82, 2.24) is 5.32 Å². The predicted molar refractivity (Wildman–Crippen MR) is 145 cm³/mol. The van der Waals surface area contributed by atoms with Crippen molar-refractivity contribution in [3.8, 4) is 0 Å². The molecule has 36 heavy (non-hydrogen) atoms. The molecule has 1 aliphatic carbocycles. The largest absolute Gasteiger partial charge is 0.466 e. The number of fused-ring (bicyclic) bond motifs is 1. The summed E-state index contributed by atoms with van der Waals surface area (Å²) in [4.78, 5) is 11.8. The van der Waals surface area contributed by atoms with Gasteiger partial charge in [-0.05, 0) is 93.2 Å².